The number of anilines is 2. The summed E-state index contributed by atoms with van der Waals surface area (Å²) < 4.78 is 10.8. The highest BCUT2D eigenvalue weighted by Crippen LogP contribution is 2.37. The van der Waals surface area contributed by atoms with Crippen molar-refractivity contribution in [1.29, 1.82) is 0 Å². The molecule has 0 spiro atoms. The lowest BCUT2D eigenvalue weighted by molar-refractivity contribution is -0.384. The van der Waals surface area contributed by atoms with Crippen LogP contribution in [0.15, 0.2) is 107 Å². The second-order valence-electron chi connectivity index (χ2n) is 8.77. The molecular formula is C30H25N5O5. The number of hydrogen-bond donors (Lipinski definition) is 1. The number of benzene rings is 4. The normalized spacial score (nSPS) is 14.7. The predicted molar refractivity (Wildman–Crippen MR) is 153 cm³/mol. The standard InChI is InChI=1S/C30H25N5O5/c1-39-24-15-7-20(8-16-24)9-18-29-31-26-6-4-3-5-25(26)30(36)34(29)23-14-17-27(28(19-23)40-2)33-32-21-10-12-22(13-11-21)35(37)38/h3-19,29,31H,1-2H3/b18-9+,33-32?. The first-order chi connectivity index (χ1) is 19.5. The number of para-hydroxylation sites is 1. The fraction of sp³-hybridized carbons (Fsp3) is 0.100. The Morgan fingerprint density at radius 3 is 2.38 bits per heavy atom. The Labute approximate surface area is 230 Å². The Morgan fingerprint density at radius 2 is 1.68 bits per heavy atom. The van der Waals surface area contributed by atoms with E-state index < -0.39 is 11.1 Å². The summed E-state index contributed by atoms with van der Waals surface area (Å²) in [5, 5.41) is 22.8. The van der Waals surface area contributed by atoms with E-state index >= 15 is 0 Å². The molecule has 5 rings (SSSR count). The van der Waals surface area contributed by atoms with Crippen molar-refractivity contribution in [3.8, 4) is 11.5 Å². The smallest absolute Gasteiger partial charge is 0.269 e. The summed E-state index contributed by atoms with van der Waals surface area (Å²) in [5.74, 6) is 1.00. The van der Waals surface area contributed by atoms with Crippen LogP contribution in [0.3, 0.4) is 0 Å². The van der Waals surface area contributed by atoms with Crippen LogP contribution in [0.5, 0.6) is 11.5 Å². The van der Waals surface area contributed by atoms with Crippen molar-refractivity contribution >= 4 is 40.4 Å². The van der Waals surface area contributed by atoms with Gasteiger partial charge in [-0.15, -0.1) is 5.11 Å². The van der Waals surface area contributed by atoms with Gasteiger partial charge in [-0.25, -0.2) is 0 Å². The number of rotatable bonds is 8. The second kappa shape index (κ2) is 11.5. The van der Waals surface area contributed by atoms with E-state index in [0.717, 1.165) is 17.0 Å². The van der Waals surface area contributed by atoms with Crippen LogP contribution in [0.4, 0.5) is 28.4 Å². The Balaban J connectivity index is 1.46. The maximum Gasteiger partial charge on any atom is 0.269 e. The molecule has 0 radical (unpaired) electrons. The Kier molecular flexibility index (Phi) is 7.49. The fourth-order valence-corrected chi connectivity index (χ4v) is 4.26. The third-order valence-electron chi connectivity index (χ3n) is 6.32. The molecule has 4 aromatic rings. The number of nitro benzene ring substituents is 1. The van der Waals surface area contributed by atoms with E-state index in [0.29, 0.717) is 28.4 Å². The molecule has 1 aliphatic rings. The van der Waals surface area contributed by atoms with Crippen molar-refractivity contribution in [2.24, 2.45) is 10.2 Å². The summed E-state index contributed by atoms with van der Waals surface area (Å²) in [4.78, 5) is 25.8. The molecule has 40 heavy (non-hydrogen) atoms. The van der Waals surface area contributed by atoms with Gasteiger partial charge < -0.3 is 14.8 Å². The first kappa shape index (κ1) is 26.1. The monoisotopic (exact) mass is 535 g/mol. The molecule has 1 atom stereocenters. The molecule has 4 aromatic carbocycles. The number of ether oxygens (including phenoxy) is 2. The van der Waals surface area contributed by atoms with E-state index in [1.54, 1.807) is 36.3 Å². The molecule has 0 saturated carbocycles. The van der Waals surface area contributed by atoms with Gasteiger partial charge in [-0.2, -0.15) is 5.11 Å². The van der Waals surface area contributed by atoms with Crippen molar-refractivity contribution in [3.05, 3.63) is 118 Å². The number of nitrogens with one attached hydrogen (secondary N) is 1. The largest absolute Gasteiger partial charge is 0.497 e. The van der Waals surface area contributed by atoms with Crippen LogP contribution in [0.1, 0.15) is 15.9 Å². The number of hydrogen-bond acceptors (Lipinski definition) is 8. The third kappa shape index (κ3) is 5.51. The minimum Gasteiger partial charge on any atom is -0.497 e. The summed E-state index contributed by atoms with van der Waals surface area (Å²) in [7, 11) is 3.13. The van der Waals surface area contributed by atoms with Gasteiger partial charge in [-0.05, 0) is 60.2 Å². The molecule has 10 heteroatoms. The van der Waals surface area contributed by atoms with Crippen LogP contribution in [-0.2, 0) is 0 Å². The van der Waals surface area contributed by atoms with Gasteiger partial charge in [0.1, 0.15) is 23.4 Å². The molecule has 1 amide bonds. The molecule has 0 bridgehead atoms. The van der Waals surface area contributed by atoms with Crippen molar-refractivity contribution in [2.45, 2.75) is 6.17 Å². The lowest BCUT2D eigenvalue weighted by atomic mass is 10.1. The highest BCUT2D eigenvalue weighted by molar-refractivity contribution is 6.12. The average Bonchev–Trinajstić information content (AvgIpc) is 2.99. The first-order valence-electron chi connectivity index (χ1n) is 12.3. The molecule has 1 N–H and O–H groups in total. The third-order valence-corrected chi connectivity index (χ3v) is 6.32. The molecule has 10 nitrogen and oxygen atoms in total. The molecule has 1 unspecified atom stereocenters. The number of nitrogens with zero attached hydrogens (tertiary/aromatic N) is 4. The average molecular weight is 536 g/mol. The molecule has 200 valence electrons. The zero-order chi connectivity index (χ0) is 28.1. The molecule has 0 fully saturated rings. The number of nitro groups is 1. The van der Waals surface area contributed by atoms with Gasteiger partial charge in [-0.3, -0.25) is 19.8 Å². The van der Waals surface area contributed by atoms with E-state index in [-0.39, 0.29) is 11.6 Å². The fourth-order valence-electron chi connectivity index (χ4n) is 4.26. The highest BCUT2D eigenvalue weighted by atomic mass is 16.6. The van der Waals surface area contributed by atoms with Gasteiger partial charge in [0.15, 0.2) is 0 Å². The summed E-state index contributed by atoms with van der Waals surface area (Å²) in [6.45, 7) is 0. The van der Waals surface area contributed by atoms with E-state index in [4.69, 9.17) is 9.47 Å². The van der Waals surface area contributed by atoms with Gasteiger partial charge in [0.2, 0.25) is 0 Å². The topological polar surface area (TPSA) is 119 Å². The van der Waals surface area contributed by atoms with Crippen LogP contribution < -0.4 is 19.7 Å². The maximum atomic E-state index is 13.7. The van der Waals surface area contributed by atoms with Crippen LogP contribution >= 0.6 is 0 Å². The zero-order valence-corrected chi connectivity index (χ0v) is 21.7. The SMILES string of the molecule is COc1ccc(/C=C/C2Nc3ccccc3C(=O)N2c2ccc(N=Nc3ccc([N+](=O)[O-])cc3)c(OC)c2)cc1. The van der Waals surface area contributed by atoms with Crippen molar-refractivity contribution in [2.75, 3.05) is 24.4 Å². The number of carbonyl (C=O) groups excluding carboxylic acids is 1. The summed E-state index contributed by atoms with van der Waals surface area (Å²) >= 11 is 0. The number of fused-ring (bicyclic) bond motifs is 1. The van der Waals surface area contributed by atoms with Crippen LogP contribution in [0, 0.1) is 10.1 Å². The van der Waals surface area contributed by atoms with Crippen LogP contribution in [0.25, 0.3) is 6.08 Å². The van der Waals surface area contributed by atoms with Gasteiger partial charge in [0.25, 0.3) is 11.6 Å². The molecule has 0 aliphatic carbocycles. The minimum absolute atomic E-state index is 0.0298. The van der Waals surface area contributed by atoms with Crippen molar-refractivity contribution in [3.63, 3.8) is 0 Å². The quantitative estimate of drug-likeness (QED) is 0.146. The number of methoxy groups -OCH3 is 2. The van der Waals surface area contributed by atoms with E-state index in [2.05, 4.69) is 15.5 Å². The molecule has 0 saturated heterocycles. The van der Waals surface area contributed by atoms with E-state index in [9.17, 15) is 14.9 Å². The van der Waals surface area contributed by atoms with Gasteiger partial charge in [0.05, 0.1) is 36.1 Å². The summed E-state index contributed by atoms with van der Waals surface area (Å²) in [6.07, 6.45) is 3.38. The zero-order valence-electron chi connectivity index (χ0n) is 21.7. The molecule has 0 aromatic heterocycles. The van der Waals surface area contributed by atoms with E-state index in [1.807, 2.05) is 54.6 Å². The van der Waals surface area contributed by atoms with Gasteiger partial charge in [0, 0.05) is 23.9 Å². The lowest BCUT2D eigenvalue weighted by Crippen LogP contribution is -2.48. The van der Waals surface area contributed by atoms with Crippen molar-refractivity contribution < 1.29 is 19.2 Å². The second-order valence-corrected chi connectivity index (χ2v) is 8.77. The minimum atomic E-state index is -0.484. The predicted octanol–water partition coefficient (Wildman–Crippen LogP) is 7.14. The van der Waals surface area contributed by atoms with E-state index in [1.165, 1.54) is 31.4 Å². The lowest BCUT2D eigenvalue weighted by Gasteiger charge is -2.36. The number of carbonyl (C=O) groups is 1. The Morgan fingerprint density at radius 1 is 0.925 bits per heavy atom. The van der Waals surface area contributed by atoms with Crippen LogP contribution in [-0.4, -0.2) is 31.2 Å². The first-order valence-corrected chi connectivity index (χ1v) is 12.3. The van der Waals surface area contributed by atoms with Crippen molar-refractivity contribution in [1.82, 2.24) is 0 Å². The van der Waals surface area contributed by atoms with Gasteiger partial charge >= 0.3 is 0 Å². The Bertz CT molecular complexity index is 1600. The summed E-state index contributed by atoms with van der Waals surface area (Å²) in [5.41, 5.74) is 3.71. The number of azo groups is 1. The van der Waals surface area contributed by atoms with Gasteiger partial charge in [-0.1, -0.05) is 30.3 Å². The number of non-ortho nitro benzene ring substituents is 1. The highest BCUT2D eigenvalue weighted by Gasteiger charge is 2.32. The van der Waals surface area contributed by atoms with Crippen LogP contribution in [0.2, 0.25) is 0 Å². The Hall–Kier alpha value is -5.51. The molecule has 1 aliphatic heterocycles. The maximum absolute atomic E-state index is 13.7. The molecule has 1 heterocycles. The summed E-state index contributed by atoms with van der Waals surface area (Å²) in [6, 6.07) is 25.9. The molecular weight excluding hydrogens is 510 g/mol. The number of amides is 1.